The number of Topliss-reactive ketones (excluding diaryl/α,β-unsaturated/α-hetero) is 1. The fourth-order valence-corrected chi connectivity index (χ4v) is 4.15. The van der Waals surface area contributed by atoms with Crippen LogP contribution in [-0.2, 0) is 9.59 Å². The molecule has 0 unspecified atom stereocenters. The van der Waals surface area contributed by atoms with Gasteiger partial charge in [0, 0.05) is 24.3 Å². The monoisotopic (exact) mass is 431 g/mol. The first kappa shape index (κ1) is 21.5. The predicted molar refractivity (Wildman–Crippen MR) is 122 cm³/mol. The van der Waals surface area contributed by atoms with Crippen LogP contribution in [0, 0.1) is 0 Å². The van der Waals surface area contributed by atoms with Crippen molar-refractivity contribution < 1.29 is 19.8 Å². The Morgan fingerprint density at radius 3 is 2.50 bits per heavy atom. The summed E-state index contributed by atoms with van der Waals surface area (Å²) in [6.07, 6.45) is 3.84. The van der Waals surface area contributed by atoms with Crippen LogP contribution in [-0.4, -0.2) is 63.9 Å². The number of aliphatic hydroxyl groups excluding tert-OH is 1. The lowest BCUT2D eigenvalue weighted by atomic mass is 9.94. The first-order valence-electron chi connectivity index (χ1n) is 10.4. The maximum atomic E-state index is 13.1. The molecule has 1 atom stereocenters. The molecule has 2 heterocycles. The number of likely N-dealkylation sites (tertiary alicyclic amines) is 1. The van der Waals surface area contributed by atoms with Gasteiger partial charge < -0.3 is 20.0 Å². The highest BCUT2D eigenvalue weighted by molar-refractivity contribution is 6.46. The van der Waals surface area contributed by atoms with E-state index < -0.39 is 17.7 Å². The Labute approximate surface area is 186 Å². The number of aromatic nitrogens is 1. The molecule has 7 nitrogen and oxygen atoms in total. The number of phenols is 1. The number of carbonyl (C=O) groups is 2. The van der Waals surface area contributed by atoms with Crippen LogP contribution < -0.4 is 0 Å². The summed E-state index contributed by atoms with van der Waals surface area (Å²) < 4.78 is 0. The van der Waals surface area contributed by atoms with Gasteiger partial charge in [-0.15, -0.1) is 0 Å². The van der Waals surface area contributed by atoms with Crippen molar-refractivity contribution in [3.8, 4) is 5.75 Å². The van der Waals surface area contributed by atoms with Gasteiger partial charge in [-0.25, -0.2) is 0 Å². The fraction of sp³-hybridized carbons (Fsp3) is 0.240. The topological polar surface area (TPSA) is 94.0 Å². The van der Waals surface area contributed by atoms with E-state index in [1.165, 1.54) is 4.90 Å². The normalized spacial score (nSPS) is 18.1. The second kappa shape index (κ2) is 8.80. The molecule has 1 fully saturated rings. The largest absolute Gasteiger partial charge is 0.507 e. The van der Waals surface area contributed by atoms with Crippen LogP contribution in [0.3, 0.4) is 0 Å². The summed E-state index contributed by atoms with van der Waals surface area (Å²) in [7, 11) is 3.88. The van der Waals surface area contributed by atoms with E-state index in [9.17, 15) is 19.8 Å². The van der Waals surface area contributed by atoms with Crippen molar-refractivity contribution in [2.24, 2.45) is 0 Å². The molecule has 0 bridgehead atoms. The molecule has 1 aliphatic rings. The molecule has 4 rings (SSSR count). The Bertz CT molecular complexity index is 1200. The van der Waals surface area contributed by atoms with E-state index in [2.05, 4.69) is 4.98 Å². The van der Waals surface area contributed by atoms with Crippen LogP contribution >= 0.6 is 0 Å². The molecule has 164 valence electrons. The van der Waals surface area contributed by atoms with Crippen LogP contribution in [0.4, 0.5) is 0 Å². The zero-order valence-electron chi connectivity index (χ0n) is 18.0. The van der Waals surface area contributed by atoms with E-state index in [0.717, 1.165) is 11.9 Å². The van der Waals surface area contributed by atoms with Gasteiger partial charge >= 0.3 is 0 Å². The maximum Gasteiger partial charge on any atom is 0.295 e. The number of amides is 1. The molecule has 2 aromatic carbocycles. The van der Waals surface area contributed by atoms with Gasteiger partial charge in [0.15, 0.2) is 0 Å². The Balaban J connectivity index is 1.85. The van der Waals surface area contributed by atoms with Gasteiger partial charge in [-0.2, -0.15) is 0 Å². The molecule has 7 heteroatoms. The van der Waals surface area contributed by atoms with Crippen molar-refractivity contribution in [3.63, 3.8) is 0 Å². The number of nitrogens with zero attached hydrogens (tertiary/aromatic N) is 3. The van der Waals surface area contributed by atoms with Gasteiger partial charge in [0.25, 0.3) is 11.7 Å². The maximum absolute atomic E-state index is 13.1. The van der Waals surface area contributed by atoms with Crippen LogP contribution in [0.1, 0.15) is 23.6 Å². The third-order valence-corrected chi connectivity index (χ3v) is 5.72. The van der Waals surface area contributed by atoms with Crippen molar-refractivity contribution in [3.05, 3.63) is 77.6 Å². The average molecular weight is 431 g/mol. The number of ketones is 1. The third-order valence-electron chi connectivity index (χ3n) is 5.72. The van der Waals surface area contributed by atoms with Crippen LogP contribution in [0.2, 0.25) is 0 Å². The minimum atomic E-state index is -0.762. The number of benzene rings is 2. The van der Waals surface area contributed by atoms with E-state index in [0.29, 0.717) is 23.9 Å². The second-order valence-corrected chi connectivity index (χ2v) is 8.11. The first-order chi connectivity index (χ1) is 15.4. The lowest BCUT2D eigenvalue weighted by Gasteiger charge is -2.25. The number of hydrogen-bond acceptors (Lipinski definition) is 6. The summed E-state index contributed by atoms with van der Waals surface area (Å²) in [6, 6.07) is 13.2. The number of pyridine rings is 1. The highest BCUT2D eigenvalue weighted by atomic mass is 16.3. The first-order valence-corrected chi connectivity index (χ1v) is 10.4. The predicted octanol–water partition coefficient (Wildman–Crippen LogP) is 3.31. The molecule has 0 aliphatic carbocycles. The van der Waals surface area contributed by atoms with Gasteiger partial charge in [-0.05, 0) is 56.2 Å². The summed E-state index contributed by atoms with van der Waals surface area (Å²) in [5, 5.41) is 23.4. The number of aliphatic hydroxyl groups is 1. The van der Waals surface area contributed by atoms with Gasteiger partial charge in [0.2, 0.25) is 0 Å². The van der Waals surface area contributed by atoms with Crippen LogP contribution in [0.5, 0.6) is 5.75 Å². The summed E-state index contributed by atoms with van der Waals surface area (Å²) in [5.41, 5.74) is 0.761. The molecule has 1 aromatic heterocycles. The number of carbonyl (C=O) groups excluding carboxylic acids is 2. The van der Waals surface area contributed by atoms with Crippen molar-refractivity contribution >= 4 is 28.2 Å². The van der Waals surface area contributed by atoms with Gasteiger partial charge in [0.1, 0.15) is 11.5 Å². The van der Waals surface area contributed by atoms with E-state index in [4.69, 9.17) is 0 Å². The van der Waals surface area contributed by atoms with Gasteiger partial charge in [-0.1, -0.05) is 30.3 Å². The number of hydrogen-bond donors (Lipinski definition) is 2. The molecule has 0 spiro atoms. The highest BCUT2D eigenvalue weighted by Crippen LogP contribution is 2.42. The zero-order valence-corrected chi connectivity index (χ0v) is 18.0. The van der Waals surface area contributed by atoms with Crippen molar-refractivity contribution in [1.82, 2.24) is 14.8 Å². The summed E-state index contributed by atoms with van der Waals surface area (Å²) in [6.45, 7) is 1.10. The van der Waals surface area contributed by atoms with Gasteiger partial charge in [0.05, 0.1) is 17.2 Å². The quantitative estimate of drug-likeness (QED) is 0.353. The van der Waals surface area contributed by atoms with Crippen molar-refractivity contribution in [1.29, 1.82) is 0 Å². The Morgan fingerprint density at radius 2 is 1.78 bits per heavy atom. The average Bonchev–Trinajstić information content (AvgIpc) is 3.04. The molecular formula is C25H25N3O4. The summed E-state index contributed by atoms with van der Waals surface area (Å²) in [4.78, 5) is 33.5. The van der Waals surface area contributed by atoms with E-state index in [1.807, 2.05) is 31.1 Å². The van der Waals surface area contributed by atoms with E-state index in [1.54, 1.807) is 48.8 Å². The number of phenolic OH excluding ortho intramolecular Hbond substituents is 1. The Hall–Kier alpha value is -3.71. The SMILES string of the molecule is CN(C)CCCN1C(=O)C(=O)C(=C(O)c2ccc3ccccc3c2O)[C@@H]1c1ccncc1. The zero-order chi connectivity index (χ0) is 22.8. The number of aromatic hydroxyl groups is 1. The van der Waals surface area contributed by atoms with Gasteiger partial charge in [-0.3, -0.25) is 14.6 Å². The number of fused-ring (bicyclic) bond motifs is 1. The lowest BCUT2D eigenvalue weighted by molar-refractivity contribution is -0.139. The van der Waals surface area contributed by atoms with Crippen molar-refractivity contribution in [2.45, 2.75) is 12.5 Å². The highest BCUT2D eigenvalue weighted by Gasteiger charge is 2.46. The van der Waals surface area contributed by atoms with Crippen LogP contribution in [0.25, 0.3) is 16.5 Å². The van der Waals surface area contributed by atoms with Crippen LogP contribution in [0.15, 0.2) is 66.5 Å². The Morgan fingerprint density at radius 1 is 1.06 bits per heavy atom. The lowest BCUT2D eigenvalue weighted by Crippen LogP contribution is -2.32. The molecule has 1 amide bonds. The molecule has 1 saturated heterocycles. The third kappa shape index (κ3) is 3.83. The molecule has 0 radical (unpaired) electrons. The second-order valence-electron chi connectivity index (χ2n) is 8.11. The van der Waals surface area contributed by atoms with Crippen molar-refractivity contribution in [2.75, 3.05) is 27.2 Å². The summed E-state index contributed by atoms with van der Waals surface area (Å²) in [5.74, 6) is -1.94. The minimum Gasteiger partial charge on any atom is -0.507 e. The molecule has 32 heavy (non-hydrogen) atoms. The Kier molecular flexibility index (Phi) is 5.92. The fourth-order valence-electron chi connectivity index (χ4n) is 4.15. The smallest absolute Gasteiger partial charge is 0.295 e. The van der Waals surface area contributed by atoms with E-state index in [-0.39, 0.29) is 22.6 Å². The van der Waals surface area contributed by atoms with E-state index >= 15 is 0 Å². The molecule has 2 N–H and O–H groups in total. The molecule has 0 saturated carbocycles. The minimum absolute atomic E-state index is 0.0309. The summed E-state index contributed by atoms with van der Waals surface area (Å²) >= 11 is 0. The number of rotatable bonds is 6. The molecular weight excluding hydrogens is 406 g/mol. The molecule has 3 aromatic rings. The standard InChI is InChI=1S/C25H25N3O4/c1-27(2)14-5-15-28-21(17-10-12-26-13-11-17)20(24(31)25(28)32)23(30)19-9-8-16-6-3-4-7-18(16)22(19)29/h3-4,6-13,21,29-30H,5,14-15H2,1-2H3/t21-/m0/s1. The molecule has 1 aliphatic heterocycles.